The van der Waals surface area contributed by atoms with Gasteiger partial charge in [0.15, 0.2) is 0 Å². The van der Waals surface area contributed by atoms with E-state index in [0.29, 0.717) is 18.1 Å². The summed E-state index contributed by atoms with van der Waals surface area (Å²) in [6.45, 7) is 4.05. The minimum atomic E-state index is -0.412. The number of carbonyl (C=O) groups excluding carboxylic acids is 1. The van der Waals surface area contributed by atoms with Gasteiger partial charge >= 0.3 is 0 Å². The summed E-state index contributed by atoms with van der Waals surface area (Å²) in [6.07, 6.45) is 11.9. The zero-order valence-electron chi connectivity index (χ0n) is 14.6. The normalized spacial score (nSPS) is 43.2. The van der Waals surface area contributed by atoms with Crippen molar-refractivity contribution in [2.45, 2.75) is 77.4 Å². The Kier molecular flexibility index (Phi) is 4.98. The number of rotatable bonds is 4. The summed E-state index contributed by atoms with van der Waals surface area (Å²) in [7, 11) is 0. The van der Waals surface area contributed by atoms with Crippen LogP contribution < -0.4 is 0 Å². The van der Waals surface area contributed by atoms with Crippen molar-refractivity contribution >= 4 is 5.78 Å². The number of aliphatic hydroxyl groups is 2. The molecule has 0 bridgehead atoms. The molecule has 0 spiro atoms. The number of aliphatic hydroxyl groups excluding tert-OH is 2. The quantitative estimate of drug-likeness (QED) is 0.780. The van der Waals surface area contributed by atoms with E-state index < -0.39 is 6.10 Å². The van der Waals surface area contributed by atoms with Crippen LogP contribution in [0.1, 0.15) is 65.2 Å². The molecule has 3 saturated carbocycles. The van der Waals surface area contributed by atoms with Gasteiger partial charge in [-0.05, 0) is 31.1 Å². The van der Waals surface area contributed by atoms with Crippen LogP contribution in [0.25, 0.3) is 0 Å². The second kappa shape index (κ2) is 6.68. The third-order valence-corrected chi connectivity index (χ3v) is 6.92. The molecule has 0 aromatic carbocycles. The van der Waals surface area contributed by atoms with Crippen LogP contribution in [-0.2, 0) is 4.79 Å². The Morgan fingerprint density at radius 3 is 2.65 bits per heavy atom. The first-order chi connectivity index (χ1) is 10.9. The second-order valence-corrected chi connectivity index (χ2v) is 8.47. The molecular weight excluding hydrogens is 288 g/mol. The number of ketones is 1. The summed E-state index contributed by atoms with van der Waals surface area (Å²) in [6, 6.07) is 0. The maximum Gasteiger partial charge on any atom is 0.142 e. The molecule has 3 heteroatoms. The first-order valence-electron chi connectivity index (χ1n) is 9.52. The summed E-state index contributed by atoms with van der Waals surface area (Å²) in [5, 5.41) is 20.7. The van der Waals surface area contributed by atoms with Crippen molar-refractivity contribution in [3.63, 3.8) is 0 Å². The first kappa shape index (κ1) is 17.2. The molecule has 3 aliphatic carbocycles. The van der Waals surface area contributed by atoms with Gasteiger partial charge in [0.25, 0.3) is 0 Å². The number of carbonyl (C=O) groups is 1. The van der Waals surface area contributed by atoms with Crippen LogP contribution in [-0.4, -0.2) is 28.2 Å². The second-order valence-electron chi connectivity index (χ2n) is 8.47. The SMILES string of the molecule is CC1C(=O)[C@@]2(C)CC[C@@H](O)[C@H](/C=C/[C@@H](O)CC3CCCCC3)[C@@H]12. The van der Waals surface area contributed by atoms with Crippen LogP contribution >= 0.6 is 0 Å². The zero-order valence-corrected chi connectivity index (χ0v) is 14.6. The van der Waals surface area contributed by atoms with E-state index in [4.69, 9.17) is 0 Å². The van der Waals surface area contributed by atoms with Gasteiger partial charge in [-0.25, -0.2) is 0 Å². The Hall–Kier alpha value is -0.670. The summed E-state index contributed by atoms with van der Waals surface area (Å²) in [4.78, 5) is 12.2. The standard InChI is InChI=1S/C20H32O3/c1-13-18-16(17(22)10-11-20(18,2)19(13)23)9-8-15(21)12-14-6-4-3-5-7-14/h8-9,13-18,21-22H,3-7,10-12H2,1-2H3/b9-8+/t13?,15-,16+,17-,18-,20+/m1/s1. The molecule has 3 fully saturated rings. The lowest BCUT2D eigenvalue weighted by Crippen LogP contribution is -2.62. The minimum absolute atomic E-state index is 0.0162. The predicted molar refractivity (Wildman–Crippen MR) is 90.8 cm³/mol. The molecule has 0 aliphatic heterocycles. The molecule has 3 aliphatic rings. The molecule has 3 nitrogen and oxygen atoms in total. The van der Waals surface area contributed by atoms with Crippen LogP contribution in [0.2, 0.25) is 0 Å². The number of Topliss-reactive ketones (excluding diaryl/α,β-unsaturated/α-hetero) is 1. The van der Waals surface area contributed by atoms with Crippen molar-refractivity contribution in [2.75, 3.05) is 0 Å². The average molecular weight is 320 g/mol. The van der Waals surface area contributed by atoms with E-state index in [0.717, 1.165) is 12.8 Å². The molecule has 3 rings (SSSR count). The van der Waals surface area contributed by atoms with Crippen molar-refractivity contribution in [2.24, 2.45) is 29.1 Å². The molecule has 1 unspecified atom stereocenters. The molecule has 0 aromatic rings. The van der Waals surface area contributed by atoms with E-state index in [9.17, 15) is 15.0 Å². The van der Waals surface area contributed by atoms with Gasteiger partial charge < -0.3 is 10.2 Å². The van der Waals surface area contributed by atoms with Gasteiger partial charge in [0.05, 0.1) is 12.2 Å². The Morgan fingerprint density at radius 2 is 1.96 bits per heavy atom. The highest BCUT2D eigenvalue weighted by Crippen LogP contribution is 2.58. The van der Waals surface area contributed by atoms with Gasteiger partial charge in [-0.2, -0.15) is 0 Å². The van der Waals surface area contributed by atoms with E-state index >= 15 is 0 Å². The summed E-state index contributed by atoms with van der Waals surface area (Å²) in [5.41, 5.74) is -0.248. The van der Waals surface area contributed by atoms with Gasteiger partial charge in [0, 0.05) is 17.3 Å². The van der Waals surface area contributed by atoms with E-state index in [2.05, 4.69) is 6.92 Å². The fourth-order valence-corrected chi connectivity index (χ4v) is 5.58. The molecule has 0 saturated heterocycles. The summed E-state index contributed by atoms with van der Waals surface area (Å²) in [5.74, 6) is 1.30. The first-order valence-corrected chi connectivity index (χ1v) is 9.52. The zero-order chi connectivity index (χ0) is 16.6. The Balaban J connectivity index is 1.61. The van der Waals surface area contributed by atoms with Crippen LogP contribution in [0.3, 0.4) is 0 Å². The molecule has 0 heterocycles. The molecule has 23 heavy (non-hydrogen) atoms. The Morgan fingerprint density at radius 1 is 1.26 bits per heavy atom. The van der Waals surface area contributed by atoms with Crippen molar-refractivity contribution in [3.8, 4) is 0 Å². The molecular formula is C20H32O3. The van der Waals surface area contributed by atoms with Crippen LogP contribution in [0.15, 0.2) is 12.2 Å². The largest absolute Gasteiger partial charge is 0.393 e. The molecule has 2 N–H and O–H groups in total. The van der Waals surface area contributed by atoms with E-state index in [1.54, 1.807) is 0 Å². The molecule has 0 amide bonds. The molecule has 0 aromatic heterocycles. The monoisotopic (exact) mass is 320 g/mol. The number of hydrogen-bond acceptors (Lipinski definition) is 3. The van der Waals surface area contributed by atoms with Gasteiger partial charge in [0.2, 0.25) is 0 Å². The highest BCUT2D eigenvalue weighted by molar-refractivity contribution is 5.93. The summed E-state index contributed by atoms with van der Waals surface area (Å²) >= 11 is 0. The predicted octanol–water partition coefficient (Wildman–Crippen LogP) is 3.49. The molecule has 130 valence electrons. The number of fused-ring (bicyclic) bond motifs is 1. The summed E-state index contributed by atoms with van der Waals surface area (Å²) < 4.78 is 0. The minimum Gasteiger partial charge on any atom is -0.393 e. The van der Waals surface area contributed by atoms with E-state index in [1.165, 1.54) is 32.1 Å². The van der Waals surface area contributed by atoms with Crippen LogP contribution in [0, 0.1) is 29.1 Å². The van der Waals surface area contributed by atoms with Crippen molar-refractivity contribution in [1.29, 1.82) is 0 Å². The number of hydrogen-bond donors (Lipinski definition) is 2. The van der Waals surface area contributed by atoms with Gasteiger partial charge in [-0.3, -0.25) is 4.79 Å². The van der Waals surface area contributed by atoms with Gasteiger partial charge in [-0.1, -0.05) is 58.1 Å². The fourth-order valence-electron chi connectivity index (χ4n) is 5.58. The molecule has 0 radical (unpaired) electrons. The lowest BCUT2D eigenvalue weighted by Gasteiger charge is -2.57. The van der Waals surface area contributed by atoms with Crippen LogP contribution in [0.4, 0.5) is 0 Å². The van der Waals surface area contributed by atoms with Gasteiger partial charge in [-0.15, -0.1) is 0 Å². The smallest absolute Gasteiger partial charge is 0.142 e. The van der Waals surface area contributed by atoms with E-state index in [1.807, 2.05) is 19.1 Å². The topological polar surface area (TPSA) is 57.5 Å². The van der Waals surface area contributed by atoms with Crippen molar-refractivity contribution in [3.05, 3.63) is 12.2 Å². The van der Waals surface area contributed by atoms with Crippen molar-refractivity contribution in [1.82, 2.24) is 0 Å². The highest BCUT2D eigenvalue weighted by atomic mass is 16.3. The van der Waals surface area contributed by atoms with Gasteiger partial charge in [0.1, 0.15) is 5.78 Å². The molecule has 6 atom stereocenters. The Labute approximate surface area is 140 Å². The average Bonchev–Trinajstić information content (AvgIpc) is 2.55. The lowest BCUT2D eigenvalue weighted by molar-refractivity contribution is -0.170. The van der Waals surface area contributed by atoms with Crippen LogP contribution in [0.5, 0.6) is 0 Å². The fraction of sp³-hybridized carbons (Fsp3) is 0.850. The Bertz CT molecular complexity index is 466. The maximum atomic E-state index is 12.2. The highest BCUT2D eigenvalue weighted by Gasteiger charge is 2.61. The lowest BCUT2D eigenvalue weighted by atomic mass is 9.45. The third kappa shape index (κ3) is 3.15. The third-order valence-electron chi connectivity index (χ3n) is 6.92. The van der Waals surface area contributed by atoms with Crippen molar-refractivity contribution < 1.29 is 15.0 Å². The van der Waals surface area contributed by atoms with E-state index in [-0.39, 0.29) is 29.3 Å². The maximum absolute atomic E-state index is 12.2.